The van der Waals surface area contributed by atoms with Crippen LogP contribution in [0.5, 0.6) is 0 Å². The van der Waals surface area contributed by atoms with E-state index in [-0.39, 0.29) is 12.4 Å². The van der Waals surface area contributed by atoms with E-state index in [1.165, 1.54) is 11.1 Å². The second-order valence-electron chi connectivity index (χ2n) is 5.36. The Morgan fingerprint density at radius 3 is 2.55 bits per heavy atom. The minimum absolute atomic E-state index is 0. The Hall–Kier alpha value is -1.11. The van der Waals surface area contributed by atoms with E-state index < -0.39 is 0 Å². The van der Waals surface area contributed by atoms with Crippen LogP contribution in [0.3, 0.4) is 0 Å². The molecule has 1 N–H and O–H groups in total. The first-order valence-electron chi connectivity index (χ1n) is 7.31. The van der Waals surface area contributed by atoms with Gasteiger partial charge in [-0.3, -0.25) is 0 Å². The molecule has 0 aliphatic carbocycles. The maximum absolute atomic E-state index is 3.95. The van der Waals surface area contributed by atoms with Crippen LogP contribution in [0.4, 0.5) is 0 Å². The lowest BCUT2D eigenvalue weighted by molar-refractivity contribution is 0.661. The maximum atomic E-state index is 3.95. The molecular weight excluding hydrogens is 318 g/mol. The van der Waals surface area contributed by atoms with E-state index in [0.717, 1.165) is 30.4 Å². The first-order chi connectivity index (χ1) is 10.2. The molecule has 0 saturated carbocycles. The van der Waals surface area contributed by atoms with Gasteiger partial charge in [0.2, 0.25) is 5.16 Å². The number of tetrazole rings is 1. The zero-order valence-electron chi connectivity index (χ0n) is 13.3. The van der Waals surface area contributed by atoms with Gasteiger partial charge in [-0.25, -0.2) is 4.68 Å². The Kier molecular flexibility index (Phi) is 8.45. The number of rotatable bonds is 8. The Bertz CT molecular complexity index is 541. The zero-order valence-corrected chi connectivity index (χ0v) is 15.0. The van der Waals surface area contributed by atoms with Gasteiger partial charge in [0, 0.05) is 19.3 Å². The van der Waals surface area contributed by atoms with E-state index in [4.69, 9.17) is 0 Å². The molecule has 122 valence electrons. The van der Waals surface area contributed by atoms with Crippen LogP contribution >= 0.6 is 24.2 Å². The summed E-state index contributed by atoms with van der Waals surface area (Å²) >= 11 is 1.69. The van der Waals surface area contributed by atoms with Gasteiger partial charge in [0.25, 0.3) is 0 Å². The maximum Gasteiger partial charge on any atom is 0.209 e. The van der Waals surface area contributed by atoms with Gasteiger partial charge < -0.3 is 5.32 Å². The molecule has 0 unspecified atom stereocenters. The van der Waals surface area contributed by atoms with Crippen LogP contribution in [0.1, 0.15) is 37.3 Å². The second-order valence-corrected chi connectivity index (χ2v) is 6.42. The van der Waals surface area contributed by atoms with Gasteiger partial charge in [-0.05, 0) is 40.4 Å². The first kappa shape index (κ1) is 18.9. The molecule has 2 aromatic rings. The highest BCUT2D eigenvalue weighted by molar-refractivity contribution is 7.99. The van der Waals surface area contributed by atoms with Crippen molar-refractivity contribution in [2.45, 2.75) is 37.9 Å². The fourth-order valence-corrected chi connectivity index (χ4v) is 2.75. The lowest BCUT2D eigenvalue weighted by Gasteiger charge is -2.08. The highest BCUT2D eigenvalue weighted by atomic mass is 35.5. The molecule has 0 amide bonds. The molecule has 1 aromatic carbocycles. The molecule has 7 heteroatoms. The minimum Gasteiger partial charge on any atom is -0.313 e. The van der Waals surface area contributed by atoms with Gasteiger partial charge >= 0.3 is 0 Å². The van der Waals surface area contributed by atoms with E-state index in [2.05, 4.69) is 59.0 Å². The van der Waals surface area contributed by atoms with Crippen molar-refractivity contribution in [3.63, 3.8) is 0 Å². The second kappa shape index (κ2) is 9.82. The van der Waals surface area contributed by atoms with Crippen molar-refractivity contribution in [2.24, 2.45) is 7.05 Å². The topological polar surface area (TPSA) is 55.6 Å². The molecule has 1 aromatic heterocycles. The third kappa shape index (κ3) is 5.94. The molecule has 0 radical (unpaired) electrons. The van der Waals surface area contributed by atoms with Crippen molar-refractivity contribution in [1.82, 2.24) is 25.5 Å². The largest absolute Gasteiger partial charge is 0.313 e. The van der Waals surface area contributed by atoms with Crippen LogP contribution in [-0.2, 0) is 13.6 Å². The molecule has 0 aliphatic rings. The van der Waals surface area contributed by atoms with Crippen LogP contribution in [0.2, 0.25) is 0 Å². The fourth-order valence-electron chi connectivity index (χ4n) is 1.96. The van der Waals surface area contributed by atoms with Gasteiger partial charge in [-0.1, -0.05) is 49.9 Å². The van der Waals surface area contributed by atoms with E-state index in [9.17, 15) is 0 Å². The van der Waals surface area contributed by atoms with Gasteiger partial charge in [-0.2, -0.15) is 0 Å². The third-order valence-electron chi connectivity index (χ3n) is 3.29. The Balaban J connectivity index is 0.00000242. The molecule has 5 nitrogen and oxygen atoms in total. The summed E-state index contributed by atoms with van der Waals surface area (Å²) in [6.07, 6.45) is 1.10. The van der Waals surface area contributed by atoms with Crippen molar-refractivity contribution < 1.29 is 0 Å². The zero-order chi connectivity index (χ0) is 15.1. The summed E-state index contributed by atoms with van der Waals surface area (Å²) in [4.78, 5) is 0. The summed E-state index contributed by atoms with van der Waals surface area (Å²) in [6, 6.07) is 8.86. The number of halogens is 1. The van der Waals surface area contributed by atoms with Gasteiger partial charge in [0.05, 0.1) is 0 Å². The first-order valence-corrected chi connectivity index (χ1v) is 8.30. The van der Waals surface area contributed by atoms with Crippen LogP contribution in [0.15, 0.2) is 29.4 Å². The Morgan fingerprint density at radius 2 is 1.95 bits per heavy atom. The van der Waals surface area contributed by atoms with Crippen LogP contribution in [-0.4, -0.2) is 32.5 Å². The summed E-state index contributed by atoms with van der Waals surface area (Å²) in [5.41, 5.74) is 2.73. The molecule has 0 bridgehead atoms. The highest BCUT2D eigenvalue weighted by Gasteiger charge is 2.02. The normalized spacial score (nSPS) is 10.7. The summed E-state index contributed by atoms with van der Waals surface area (Å²) in [6.45, 7) is 6.37. The van der Waals surface area contributed by atoms with E-state index in [1.54, 1.807) is 16.4 Å². The van der Waals surface area contributed by atoms with E-state index >= 15 is 0 Å². The number of thioether (sulfide) groups is 1. The van der Waals surface area contributed by atoms with Crippen molar-refractivity contribution >= 4 is 24.2 Å². The molecular formula is C15H24ClN5S. The number of nitrogens with one attached hydrogen (secondary N) is 1. The summed E-state index contributed by atoms with van der Waals surface area (Å²) in [5.74, 6) is 1.62. The smallest absolute Gasteiger partial charge is 0.209 e. The molecule has 0 aliphatic heterocycles. The predicted molar refractivity (Wildman–Crippen MR) is 93.6 cm³/mol. The number of hydrogen-bond acceptors (Lipinski definition) is 5. The SMILES string of the molecule is CC(C)c1ccc(CNCCCSc2nnnn2C)cc1.Cl. The van der Waals surface area contributed by atoms with Crippen LogP contribution < -0.4 is 5.32 Å². The van der Waals surface area contributed by atoms with Crippen molar-refractivity contribution in [3.05, 3.63) is 35.4 Å². The highest BCUT2D eigenvalue weighted by Crippen LogP contribution is 2.15. The third-order valence-corrected chi connectivity index (χ3v) is 4.38. The molecule has 0 spiro atoms. The molecule has 0 atom stereocenters. The van der Waals surface area contributed by atoms with Gasteiger partial charge in [0.1, 0.15) is 0 Å². The number of benzene rings is 1. The Morgan fingerprint density at radius 1 is 1.23 bits per heavy atom. The summed E-state index contributed by atoms with van der Waals surface area (Å²) < 4.78 is 1.70. The van der Waals surface area contributed by atoms with Crippen LogP contribution in [0.25, 0.3) is 0 Å². The average molecular weight is 342 g/mol. The number of hydrogen-bond donors (Lipinski definition) is 1. The summed E-state index contributed by atoms with van der Waals surface area (Å²) in [7, 11) is 1.86. The van der Waals surface area contributed by atoms with E-state index in [0.29, 0.717) is 5.92 Å². The van der Waals surface area contributed by atoms with Crippen molar-refractivity contribution in [3.8, 4) is 0 Å². The lowest BCUT2D eigenvalue weighted by atomic mass is 10.0. The fraction of sp³-hybridized carbons (Fsp3) is 0.533. The standard InChI is InChI=1S/C15H23N5S.ClH/c1-12(2)14-7-5-13(6-8-14)11-16-9-4-10-21-15-17-18-19-20(15)3;/h5-8,12,16H,4,9-11H2,1-3H3;1H. The monoisotopic (exact) mass is 341 g/mol. The average Bonchev–Trinajstić information content (AvgIpc) is 2.88. The molecule has 1 heterocycles. The van der Waals surface area contributed by atoms with E-state index in [1.807, 2.05) is 7.05 Å². The van der Waals surface area contributed by atoms with Crippen molar-refractivity contribution in [2.75, 3.05) is 12.3 Å². The Labute approximate surface area is 142 Å². The number of aromatic nitrogens is 4. The lowest BCUT2D eigenvalue weighted by Crippen LogP contribution is -2.15. The molecule has 22 heavy (non-hydrogen) atoms. The van der Waals surface area contributed by atoms with Gasteiger partial charge in [0.15, 0.2) is 0 Å². The molecule has 2 rings (SSSR count). The van der Waals surface area contributed by atoms with Crippen molar-refractivity contribution in [1.29, 1.82) is 0 Å². The number of nitrogens with zero attached hydrogens (tertiary/aromatic N) is 4. The number of aryl methyl sites for hydroxylation is 1. The van der Waals surface area contributed by atoms with Crippen LogP contribution in [0, 0.1) is 0 Å². The van der Waals surface area contributed by atoms with Gasteiger partial charge in [-0.15, -0.1) is 17.5 Å². The minimum atomic E-state index is 0. The summed E-state index contributed by atoms with van der Waals surface area (Å²) in [5, 5.41) is 15.7. The predicted octanol–water partition coefficient (Wildman–Crippen LogP) is 3.03. The quantitative estimate of drug-likeness (QED) is 0.591. The molecule has 0 saturated heterocycles. The molecule has 0 fully saturated rings.